The van der Waals surface area contributed by atoms with Crippen LogP contribution in [0, 0.1) is 0 Å². The number of nitrogens with zero attached hydrogens (tertiary/aromatic N) is 2. The molecule has 1 aromatic carbocycles. The monoisotopic (exact) mass is 313 g/mol. The Morgan fingerprint density at radius 2 is 1.87 bits per heavy atom. The van der Waals surface area contributed by atoms with Crippen LogP contribution in [0.2, 0.25) is 0 Å². The van der Waals surface area contributed by atoms with E-state index in [0.29, 0.717) is 18.8 Å². The topological polar surface area (TPSA) is 63.7 Å². The summed E-state index contributed by atoms with van der Waals surface area (Å²) in [6, 6.07) is 9.21. The van der Waals surface area contributed by atoms with E-state index in [1.165, 1.54) is 0 Å². The third-order valence-corrected chi connectivity index (χ3v) is 3.69. The molecule has 0 radical (unpaired) electrons. The Bertz CT molecular complexity index is 697. The molecule has 0 aliphatic carbocycles. The number of amides is 1. The summed E-state index contributed by atoms with van der Waals surface area (Å²) in [5.74, 6) is 1.41. The first-order valence-corrected chi connectivity index (χ1v) is 7.63. The molecule has 6 heteroatoms. The first-order chi connectivity index (χ1) is 11.2. The molecule has 23 heavy (non-hydrogen) atoms. The maximum absolute atomic E-state index is 12.2. The molecule has 0 unspecified atom stereocenters. The predicted molar refractivity (Wildman–Crippen MR) is 87.3 cm³/mol. The Morgan fingerprint density at radius 1 is 1.13 bits per heavy atom. The van der Waals surface area contributed by atoms with E-state index >= 15 is 0 Å². The Hall–Kier alpha value is -2.76. The van der Waals surface area contributed by atoms with Crippen molar-refractivity contribution >= 4 is 17.3 Å². The average molecular weight is 313 g/mol. The van der Waals surface area contributed by atoms with Crippen LogP contribution in [0.5, 0.6) is 11.5 Å². The third-order valence-electron chi connectivity index (χ3n) is 3.69. The van der Waals surface area contributed by atoms with Crippen molar-refractivity contribution < 1.29 is 14.3 Å². The number of rotatable bonds is 5. The fraction of sp³-hybridized carbons (Fsp3) is 0.294. The largest absolute Gasteiger partial charge is 0.454 e. The summed E-state index contributed by atoms with van der Waals surface area (Å²) in [6.45, 7) is 5.51. The number of anilines is 2. The third kappa shape index (κ3) is 3.21. The zero-order chi connectivity index (χ0) is 16.2. The number of hydrogen-bond acceptors (Lipinski definition) is 5. The SMILES string of the molecule is CCN(CC)C(=O)c1ccc(Nc2ccc3c(c2)OCO3)cn1. The second-order valence-corrected chi connectivity index (χ2v) is 5.10. The molecule has 0 saturated carbocycles. The molecule has 0 spiro atoms. The molecule has 0 bridgehead atoms. The van der Waals surface area contributed by atoms with Crippen molar-refractivity contribution in [1.29, 1.82) is 0 Å². The highest BCUT2D eigenvalue weighted by Crippen LogP contribution is 2.35. The Morgan fingerprint density at radius 3 is 2.57 bits per heavy atom. The van der Waals surface area contributed by atoms with E-state index in [1.807, 2.05) is 38.1 Å². The molecule has 120 valence electrons. The van der Waals surface area contributed by atoms with Gasteiger partial charge >= 0.3 is 0 Å². The molecule has 2 heterocycles. The number of hydrogen-bond donors (Lipinski definition) is 1. The minimum atomic E-state index is -0.0513. The number of pyridine rings is 1. The summed E-state index contributed by atoms with van der Waals surface area (Å²) in [7, 11) is 0. The maximum atomic E-state index is 12.2. The fourth-order valence-corrected chi connectivity index (χ4v) is 2.41. The van der Waals surface area contributed by atoms with Crippen LogP contribution in [-0.4, -0.2) is 35.7 Å². The van der Waals surface area contributed by atoms with Gasteiger partial charge in [-0.05, 0) is 38.1 Å². The van der Waals surface area contributed by atoms with Crippen LogP contribution in [0.3, 0.4) is 0 Å². The minimum Gasteiger partial charge on any atom is -0.454 e. The predicted octanol–water partition coefficient (Wildman–Crippen LogP) is 3.04. The second-order valence-electron chi connectivity index (χ2n) is 5.10. The Balaban J connectivity index is 1.71. The van der Waals surface area contributed by atoms with Crippen LogP contribution in [0.1, 0.15) is 24.3 Å². The summed E-state index contributed by atoms with van der Waals surface area (Å²) < 4.78 is 10.6. The quantitative estimate of drug-likeness (QED) is 0.919. The number of benzene rings is 1. The summed E-state index contributed by atoms with van der Waals surface area (Å²) in [5, 5.41) is 3.23. The van der Waals surface area contributed by atoms with Crippen LogP contribution >= 0.6 is 0 Å². The van der Waals surface area contributed by atoms with E-state index in [4.69, 9.17) is 9.47 Å². The number of ether oxygens (including phenoxy) is 2. The van der Waals surface area contributed by atoms with Gasteiger partial charge < -0.3 is 19.7 Å². The molecule has 1 aliphatic rings. The van der Waals surface area contributed by atoms with Crippen LogP contribution < -0.4 is 14.8 Å². The van der Waals surface area contributed by atoms with E-state index < -0.39 is 0 Å². The fourth-order valence-electron chi connectivity index (χ4n) is 2.41. The number of fused-ring (bicyclic) bond motifs is 1. The van der Waals surface area contributed by atoms with Gasteiger partial charge in [0, 0.05) is 24.8 Å². The van der Waals surface area contributed by atoms with Crippen molar-refractivity contribution in [1.82, 2.24) is 9.88 Å². The van der Waals surface area contributed by atoms with Gasteiger partial charge in [-0.1, -0.05) is 0 Å². The van der Waals surface area contributed by atoms with Crippen molar-refractivity contribution in [2.24, 2.45) is 0 Å². The number of carbonyl (C=O) groups is 1. The first-order valence-electron chi connectivity index (χ1n) is 7.63. The van der Waals surface area contributed by atoms with Crippen LogP contribution in [0.25, 0.3) is 0 Å². The lowest BCUT2D eigenvalue weighted by atomic mass is 10.2. The van der Waals surface area contributed by atoms with Gasteiger partial charge in [-0.15, -0.1) is 0 Å². The second kappa shape index (κ2) is 6.56. The van der Waals surface area contributed by atoms with Gasteiger partial charge in [0.05, 0.1) is 11.9 Å². The van der Waals surface area contributed by atoms with E-state index in [2.05, 4.69) is 10.3 Å². The van der Waals surface area contributed by atoms with Gasteiger partial charge in [0.15, 0.2) is 11.5 Å². The molecule has 2 aromatic rings. The van der Waals surface area contributed by atoms with E-state index in [0.717, 1.165) is 22.9 Å². The average Bonchev–Trinajstić information content (AvgIpc) is 3.04. The molecule has 3 rings (SSSR count). The molecule has 1 N–H and O–H groups in total. The Labute approximate surface area is 135 Å². The lowest BCUT2D eigenvalue weighted by Gasteiger charge is -2.18. The molecule has 1 aromatic heterocycles. The van der Waals surface area contributed by atoms with Crippen molar-refractivity contribution in [2.45, 2.75) is 13.8 Å². The molecular formula is C17H19N3O3. The van der Waals surface area contributed by atoms with Gasteiger partial charge in [0.1, 0.15) is 5.69 Å². The first kappa shape index (κ1) is 15.1. The highest BCUT2D eigenvalue weighted by Gasteiger charge is 2.15. The Kier molecular flexibility index (Phi) is 4.32. The zero-order valence-electron chi connectivity index (χ0n) is 13.2. The summed E-state index contributed by atoms with van der Waals surface area (Å²) >= 11 is 0. The number of nitrogens with one attached hydrogen (secondary N) is 1. The van der Waals surface area contributed by atoms with Crippen molar-refractivity contribution in [3.05, 3.63) is 42.2 Å². The standard InChI is InChI=1S/C17H19N3O3/c1-3-20(4-2)17(21)14-7-5-13(10-18-14)19-12-6-8-15-16(9-12)23-11-22-15/h5-10,19H,3-4,11H2,1-2H3. The van der Waals surface area contributed by atoms with E-state index in [1.54, 1.807) is 17.2 Å². The van der Waals surface area contributed by atoms with Crippen LogP contribution in [0.4, 0.5) is 11.4 Å². The molecular weight excluding hydrogens is 294 g/mol. The van der Waals surface area contributed by atoms with Crippen molar-refractivity contribution in [3.8, 4) is 11.5 Å². The normalized spacial score (nSPS) is 12.1. The van der Waals surface area contributed by atoms with Gasteiger partial charge in [0.2, 0.25) is 6.79 Å². The number of carbonyl (C=O) groups excluding carboxylic acids is 1. The van der Waals surface area contributed by atoms with Crippen molar-refractivity contribution in [2.75, 3.05) is 25.2 Å². The molecule has 0 fully saturated rings. The van der Waals surface area contributed by atoms with Gasteiger partial charge in [-0.25, -0.2) is 4.98 Å². The van der Waals surface area contributed by atoms with Crippen LogP contribution in [0.15, 0.2) is 36.5 Å². The lowest BCUT2D eigenvalue weighted by Crippen LogP contribution is -2.31. The molecule has 1 aliphatic heterocycles. The lowest BCUT2D eigenvalue weighted by molar-refractivity contribution is 0.0767. The summed E-state index contributed by atoms with van der Waals surface area (Å²) in [4.78, 5) is 18.2. The highest BCUT2D eigenvalue weighted by atomic mass is 16.7. The molecule has 0 atom stereocenters. The van der Waals surface area contributed by atoms with E-state index in [9.17, 15) is 4.79 Å². The van der Waals surface area contributed by atoms with Gasteiger partial charge in [-0.2, -0.15) is 0 Å². The number of aromatic nitrogens is 1. The van der Waals surface area contributed by atoms with Crippen molar-refractivity contribution in [3.63, 3.8) is 0 Å². The van der Waals surface area contributed by atoms with Crippen LogP contribution in [-0.2, 0) is 0 Å². The van der Waals surface area contributed by atoms with Gasteiger partial charge in [-0.3, -0.25) is 4.79 Å². The summed E-state index contributed by atoms with van der Waals surface area (Å²) in [5.41, 5.74) is 2.13. The molecule has 0 saturated heterocycles. The summed E-state index contributed by atoms with van der Waals surface area (Å²) in [6.07, 6.45) is 1.65. The molecule has 6 nitrogen and oxygen atoms in total. The van der Waals surface area contributed by atoms with Gasteiger partial charge in [0.25, 0.3) is 5.91 Å². The molecule has 1 amide bonds. The highest BCUT2D eigenvalue weighted by molar-refractivity contribution is 5.92. The maximum Gasteiger partial charge on any atom is 0.272 e. The minimum absolute atomic E-state index is 0.0513. The zero-order valence-corrected chi connectivity index (χ0v) is 13.2. The van der Waals surface area contributed by atoms with E-state index in [-0.39, 0.29) is 12.7 Å². The smallest absolute Gasteiger partial charge is 0.272 e.